The van der Waals surface area contributed by atoms with Gasteiger partial charge < -0.3 is 20.6 Å². The smallest absolute Gasteiger partial charge is 0.170 e. The molecule has 1 fully saturated rings. The average Bonchev–Trinajstić information content (AvgIpc) is 2.34. The van der Waals surface area contributed by atoms with E-state index in [2.05, 4.69) is 42.7 Å². The Bertz CT molecular complexity index is 510. The molecule has 0 aliphatic carbocycles. The number of oxime groups is 1. The lowest BCUT2D eigenvalue weighted by Gasteiger charge is -2.47. The summed E-state index contributed by atoms with van der Waals surface area (Å²) in [7, 11) is 0. The number of rotatable bonds is 2. The zero-order chi connectivity index (χ0) is 15.0. The zero-order valence-electron chi connectivity index (χ0n) is 12.4. The fourth-order valence-electron chi connectivity index (χ4n) is 2.76. The van der Waals surface area contributed by atoms with Gasteiger partial charge in [0, 0.05) is 24.8 Å². The van der Waals surface area contributed by atoms with Gasteiger partial charge in [0.1, 0.15) is 5.82 Å². The molecule has 6 heteroatoms. The van der Waals surface area contributed by atoms with E-state index in [-0.39, 0.29) is 17.0 Å². The molecule has 0 aromatic carbocycles. The second-order valence-corrected chi connectivity index (χ2v) is 6.37. The number of anilines is 1. The Kier molecular flexibility index (Phi) is 3.60. The van der Waals surface area contributed by atoms with E-state index in [0.29, 0.717) is 5.56 Å². The zero-order valence-corrected chi connectivity index (χ0v) is 12.4. The first-order valence-electron chi connectivity index (χ1n) is 6.61. The molecule has 0 amide bonds. The van der Waals surface area contributed by atoms with Crippen molar-refractivity contribution in [3.8, 4) is 0 Å². The van der Waals surface area contributed by atoms with Gasteiger partial charge in [-0.25, -0.2) is 4.98 Å². The van der Waals surface area contributed by atoms with Gasteiger partial charge in [0.15, 0.2) is 5.84 Å². The molecule has 0 radical (unpaired) electrons. The monoisotopic (exact) mass is 278 g/mol. The normalized spacial score (nSPS) is 21.8. The molecule has 20 heavy (non-hydrogen) atoms. The minimum absolute atomic E-state index is 0.0837. The first-order valence-corrected chi connectivity index (χ1v) is 6.61. The van der Waals surface area contributed by atoms with Crippen LogP contribution in [0.4, 0.5) is 5.82 Å². The summed E-state index contributed by atoms with van der Waals surface area (Å²) in [5, 5.41) is 11.8. The second kappa shape index (κ2) is 4.94. The van der Waals surface area contributed by atoms with Crippen molar-refractivity contribution in [2.75, 3.05) is 18.0 Å². The molecule has 0 spiro atoms. The van der Waals surface area contributed by atoms with E-state index < -0.39 is 0 Å². The summed E-state index contributed by atoms with van der Waals surface area (Å²) < 4.78 is 6.05. The van der Waals surface area contributed by atoms with E-state index in [1.165, 1.54) is 0 Å². The first-order chi connectivity index (χ1) is 9.22. The molecule has 2 rings (SSSR count). The summed E-state index contributed by atoms with van der Waals surface area (Å²) in [6, 6.07) is 3.54. The number of nitrogens with zero attached hydrogens (tertiary/aromatic N) is 3. The Morgan fingerprint density at radius 2 is 1.95 bits per heavy atom. The Hall–Kier alpha value is -1.82. The van der Waals surface area contributed by atoms with Gasteiger partial charge in [-0.15, -0.1) is 0 Å². The molecular weight excluding hydrogens is 256 g/mol. The van der Waals surface area contributed by atoms with Crippen molar-refractivity contribution in [2.45, 2.75) is 38.9 Å². The maximum Gasteiger partial charge on any atom is 0.170 e. The maximum absolute atomic E-state index is 8.76. The van der Waals surface area contributed by atoms with Crippen LogP contribution in [0.1, 0.15) is 33.3 Å². The molecule has 110 valence electrons. The van der Waals surface area contributed by atoms with E-state index in [1.807, 2.05) is 6.07 Å². The molecule has 1 aromatic heterocycles. The molecule has 0 saturated carbocycles. The van der Waals surface area contributed by atoms with Crippen molar-refractivity contribution in [2.24, 2.45) is 10.9 Å². The number of morpholine rings is 1. The standard InChI is InChI=1S/C14H22N4O2/c1-13(2)8-18(9-14(3,4)20-13)11-7-10(5-6-16-11)12(15)17-19/h5-7,19H,8-9H2,1-4H3,(H2,15,17). The van der Waals surface area contributed by atoms with Gasteiger partial charge >= 0.3 is 0 Å². The third-order valence-electron chi connectivity index (χ3n) is 3.17. The van der Waals surface area contributed by atoms with Gasteiger partial charge in [-0.2, -0.15) is 0 Å². The fourth-order valence-corrected chi connectivity index (χ4v) is 2.76. The third kappa shape index (κ3) is 3.19. The van der Waals surface area contributed by atoms with Crippen LogP contribution in [0.15, 0.2) is 23.5 Å². The SMILES string of the molecule is CC1(C)CN(c2cc(/C(N)=N/O)ccn2)CC(C)(C)O1. The van der Waals surface area contributed by atoms with Gasteiger partial charge in [-0.1, -0.05) is 5.16 Å². The van der Waals surface area contributed by atoms with Crippen molar-refractivity contribution in [1.29, 1.82) is 0 Å². The van der Waals surface area contributed by atoms with Crippen LogP contribution < -0.4 is 10.6 Å². The van der Waals surface area contributed by atoms with Crippen LogP contribution in [-0.2, 0) is 4.74 Å². The molecule has 3 N–H and O–H groups in total. The predicted octanol–water partition coefficient (Wildman–Crippen LogP) is 1.57. The van der Waals surface area contributed by atoms with Crippen LogP contribution >= 0.6 is 0 Å². The topological polar surface area (TPSA) is 84.0 Å². The van der Waals surface area contributed by atoms with Crippen LogP contribution in [0, 0.1) is 0 Å². The van der Waals surface area contributed by atoms with Gasteiger partial charge in [-0.3, -0.25) is 0 Å². The first kappa shape index (κ1) is 14.6. The molecule has 2 heterocycles. The second-order valence-electron chi connectivity index (χ2n) is 6.37. The summed E-state index contributed by atoms with van der Waals surface area (Å²) in [5.41, 5.74) is 5.77. The number of pyridine rings is 1. The Balaban J connectivity index is 2.31. The number of hydrogen-bond donors (Lipinski definition) is 2. The highest BCUT2D eigenvalue weighted by molar-refractivity contribution is 5.97. The van der Waals surface area contributed by atoms with Crippen LogP contribution in [0.25, 0.3) is 0 Å². The molecule has 0 atom stereocenters. The highest BCUT2D eigenvalue weighted by Gasteiger charge is 2.38. The summed E-state index contributed by atoms with van der Waals surface area (Å²) in [4.78, 5) is 6.55. The number of nitrogens with two attached hydrogens (primary N) is 1. The summed E-state index contributed by atoms with van der Waals surface area (Å²) in [5.74, 6) is 0.888. The lowest BCUT2D eigenvalue weighted by atomic mass is 9.99. The number of amidine groups is 1. The van der Waals surface area contributed by atoms with Crippen LogP contribution in [0.5, 0.6) is 0 Å². The Morgan fingerprint density at radius 3 is 2.50 bits per heavy atom. The largest absolute Gasteiger partial charge is 0.409 e. The van der Waals surface area contributed by atoms with Crippen LogP contribution in [0.3, 0.4) is 0 Å². The van der Waals surface area contributed by atoms with Gasteiger partial charge in [-0.05, 0) is 39.8 Å². The van der Waals surface area contributed by atoms with Crippen molar-refractivity contribution >= 4 is 11.7 Å². The number of aromatic nitrogens is 1. The minimum Gasteiger partial charge on any atom is -0.409 e. The van der Waals surface area contributed by atoms with E-state index in [0.717, 1.165) is 18.9 Å². The number of ether oxygens (including phenoxy) is 1. The quantitative estimate of drug-likeness (QED) is 0.371. The predicted molar refractivity (Wildman–Crippen MR) is 78.2 cm³/mol. The van der Waals surface area contributed by atoms with Crippen LogP contribution in [0.2, 0.25) is 0 Å². The van der Waals surface area contributed by atoms with E-state index in [9.17, 15) is 0 Å². The molecule has 1 aliphatic rings. The third-order valence-corrected chi connectivity index (χ3v) is 3.17. The van der Waals surface area contributed by atoms with Crippen molar-refractivity contribution in [1.82, 2.24) is 4.98 Å². The van der Waals surface area contributed by atoms with E-state index in [4.69, 9.17) is 15.7 Å². The van der Waals surface area contributed by atoms with Crippen molar-refractivity contribution < 1.29 is 9.94 Å². The highest BCUT2D eigenvalue weighted by atomic mass is 16.5. The average molecular weight is 278 g/mol. The van der Waals surface area contributed by atoms with Crippen molar-refractivity contribution in [3.63, 3.8) is 0 Å². The Morgan fingerprint density at radius 1 is 1.35 bits per heavy atom. The molecule has 0 unspecified atom stereocenters. The lowest BCUT2D eigenvalue weighted by molar-refractivity contribution is -0.133. The molecule has 1 aromatic rings. The molecule has 1 saturated heterocycles. The highest BCUT2D eigenvalue weighted by Crippen LogP contribution is 2.30. The summed E-state index contributed by atoms with van der Waals surface area (Å²) in [6.45, 7) is 9.73. The van der Waals surface area contributed by atoms with Gasteiger partial charge in [0.05, 0.1) is 11.2 Å². The van der Waals surface area contributed by atoms with Gasteiger partial charge in [0.25, 0.3) is 0 Å². The Labute approximate surface area is 119 Å². The van der Waals surface area contributed by atoms with Crippen molar-refractivity contribution in [3.05, 3.63) is 23.9 Å². The minimum atomic E-state index is -0.254. The van der Waals surface area contributed by atoms with E-state index in [1.54, 1.807) is 12.3 Å². The van der Waals surface area contributed by atoms with Crippen LogP contribution in [-0.4, -0.2) is 40.3 Å². The maximum atomic E-state index is 8.76. The lowest BCUT2D eigenvalue weighted by Crippen LogP contribution is -2.57. The van der Waals surface area contributed by atoms with E-state index >= 15 is 0 Å². The molecule has 6 nitrogen and oxygen atoms in total. The molecule has 0 bridgehead atoms. The molecule has 1 aliphatic heterocycles. The van der Waals surface area contributed by atoms with Gasteiger partial charge in [0.2, 0.25) is 0 Å². The molecular formula is C14H22N4O2. The fraction of sp³-hybridized carbons (Fsp3) is 0.571. The summed E-state index contributed by atoms with van der Waals surface area (Å²) in [6.07, 6.45) is 1.66. The number of hydrogen-bond acceptors (Lipinski definition) is 5. The summed E-state index contributed by atoms with van der Waals surface area (Å²) >= 11 is 0.